The van der Waals surface area contributed by atoms with Gasteiger partial charge in [0.05, 0.1) is 16.7 Å². The quantitative estimate of drug-likeness (QED) is 0.773. The van der Waals surface area contributed by atoms with Gasteiger partial charge in [0.25, 0.3) is 0 Å². The molecular formula is C17H26BFN2O2. The molecule has 1 aromatic rings. The Balaban J connectivity index is 2.12. The minimum absolute atomic E-state index is 0.0735. The lowest BCUT2D eigenvalue weighted by molar-refractivity contribution is 0.00578. The zero-order valence-corrected chi connectivity index (χ0v) is 13.4. The summed E-state index contributed by atoms with van der Waals surface area (Å²) in [6.07, 6.45) is 0. The second-order valence-corrected chi connectivity index (χ2v) is 6.41. The van der Waals surface area contributed by atoms with Gasteiger partial charge >= 0.3 is 7.12 Å². The van der Waals surface area contributed by atoms with Crippen LogP contribution in [0.4, 0.5) is 10.1 Å². The summed E-state index contributed by atoms with van der Waals surface area (Å²) in [4.78, 5) is -0.335. The molecule has 2 saturated heterocycles. The third-order valence-corrected chi connectivity index (χ3v) is 4.30. The van der Waals surface area contributed by atoms with Crippen molar-refractivity contribution < 1.29 is 28.8 Å². The molecule has 0 spiro atoms. The lowest BCUT2D eigenvalue weighted by Crippen LogP contribution is -2.45. The van der Waals surface area contributed by atoms with Crippen molar-refractivity contribution in [1.29, 1.82) is 0 Å². The van der Waals surface area contributed by atoms with E-state index in [-0.39, 0.29) is 10.4 Å². The first-order valence-corrected chi connectivity index (χ1v) is 7.19. The van der Waals surface area contributed by atoms with Crippen molar-refractivity contribution in [2.45, 2.75) is 38.9 Å². The molecule has 0 atom stereocenters. The highest BCUT2D eigenvalue weighted by Gasteiger charge is 2.52. The highest BCUT2D eigenvalue weighted by molar-refractivity contribution is 6.62. The minimum Gasteiger partial charge on any atom is -0.399 e. The highest BCUT2D eigenvalue weighted by atomic mass is 19.1. The van der Waals surface area contributed by atoms with Gasteiger partial charge in [0, 0.05) is 46.7 Å². The van der Waals surface area contributed by atoms with Crippen molar-refractivity contribution in [3.05, 3.63) is 24.0 Å². The van der Waals surface area contributed by atoms with Crippen molar-refractivity contribution in [2.75, 3.05) is 37.9 Å². The fourth-order valence-corrected chi connectivity index (χ4v) is 2.20. The molecular weight excluding hydrogens is 294 g/mol. The summed E-state index contributed by atoms with van der Waals surface area (Å²) in [5.41, 5.74) is -2.17. The summed E-state index contributed by atoms with van der Waals surface area (Å²) in [6.45, 7) is -10.4. The number of piperazine rings is 1. The first-order valence-electron chi connectivity index (χ1n) is 12.7. The monoisotopic (exact) mass is 331 g/mol. The number of halogens is 1. The van der Waals surface area contributed by atoms with E-state index in [0.717, 1.165) is 12.1 Å². The van der Waals surface area contributed by atoms with Crippen molar-refractivity contribution >= 4 is 18.3 Å². The van der Waals surface area contributed by atoms with E-state index in [1.807, 2.05) is 0 Å². The summed E-state index contributed by atoms with van der Waals surface area (Å²) in [6, 6.07) is 2.95. The molecule has 2 heterocycles. The van der Waals surface area contributed by atoms with Crippen LogP contribution in [0.2, 0.25) is 0 Å². The van der Waals surface area contributed by atoms with E-state index < -0.39 is 67.7 Å². The molecule has 4 nitrogen and oxygen atoms in total. The van der Waals surface area contributed by atoms with Gasteiger partial charge in [-0.25, -0.2) is 4.39 Å². The number of hydrogen-bond donors (Lipinski definition) is 0. The number of benzene rings is 1. The summed E-state index contributed by atoms with van der Waals surface area (Å²) in [5.74, 6) is -0.984. The van der Waals surface area contributed by atoms with Crippen molar-refractivity contribution in [3.8, 4) is 0 Å². The summed E-state index contributed by atoms with van der Waals surface area (Å²) in [5, 5.41) is 0. The smallest absolute Gasteiger partial charge is 0.399 e. The Kier molecular flexibility index (Phi) is 1.97. The first-order chi connectivity index (χ1) is 14.9. The van der Waals surface area contributed by atoms with E-state index >= 15 is 4.39 Å². The molecule has 0 unspecified atom stereocenters. The second kappa shape index (κ2) is 5.76. The van der Waals surface area contributed by atoms with Gasteiger partial charge in [-0.1, -0.05) is 6.07 Å². The van der Waals surface area contributed by atoms with Crippen LogP contribution < -0.4 is 10.4 Å². The van der Waals surface area contributed by atoms with Crippen LogP contribution in [-0.4, -0.2) is 56.2 Å². The van der Waals surface area contributed by atoms with Crippen LogP contribution in [0.1, 0.15) is 42.8 Å². The maximum atomic E-state index is 15.2. The van der Waals surface area contributed by atoms with Crippen molar-refractivity contribution in [1.82, 2.24) is 4.90 Å². The molecule has 0 amide bonds. The van der Waals surface area contributed by atoms with E-state index in [9.17, 15) is 0 Å². The number of anilines is 1. The molecule has 0 saturated carbocycles. The molecule has 23 heavy (non-hydrogen) atoms. The van der Waals surface area contributed by atoms with Crippen molar-refractivity contribution in [2.24, 2.45) is 0 Å². The van der Waals surface area contributed by atoms with Gasteiger partial charge in [-0.2, -0.15) is 0 Å². The van der Waals surface area contributed by atoms with Gasteiger partial charge < -0.3 is 19.1 Å². The lowest BCUT2D eigenvalue weighted by Gasteiger charge is -2.34. The normalized spacial score (nSPS) is 40.7. The average molecular weight is 331 g/mol. The number of likely N-dealkylation sites (N-methyl/N-ethyl adjacent to an activating group) is 1. The molecule has 6 heteroatoms. The maximum absolute atomic E-state index is 15.2. The second-order valence-electron chi connectivity index (χ2n) is 6.41. The third kappa shape index (κ3) is 3.12. The molecule has 0 aliphatic carbocycles. The largest absolute Gasteiger partial charge is 0.497 e. The highest BCUT2D eigenvalue weighted by Crippen LogP contribution is 2.36. The van der Waals surface area contributed by atoms with Crippen LogP contribution in [0.5, 0.6) is 0 Å². The fourth-order valence-electron chi connectivity index (χ4n) is 2.20. The molecule has 2 aliphatic rings. The molecule has 3 rings (SSSR count). The predicted octanol–water partition coefficient (Wildman–Crippen LogP) is 1.88. The van der Waals surface area contributed by atoms with Gasteiger partial charge in [-0.15, -0.1) is 0 Å². The Morgan fingerprint density at radius 1 is 1.13 bits per heavy atom. The topological polar surface area (TPSA) is 24.9 Å². The number of rotatable bonds is 2. The summed E-state index contributed by atoms with van der Waals surface area (Å²) >= 11 is 0. The lowest BCUT2D eigenvalue weighted by atomic mass is 9.78. The van der Waals surface area contributed by atoms with Crippen LogP contribution in [-0.2, 0) is 9.31 Å². The molecule has 0 N–H and O–H groups in total. The van der Waals surface area contributed by atoms with E-state index in [2.05, 4.69) is 0 Å². The zero-order valence-electron chi connectivity index (χ0n) is 24.4. The fraction of sp³-hybridized carbons (Fsp3) is 0.647. The predicted molar refractivity (Wildman–Crippen MR) is 91.8 cm³/mol. The summed E-state index contributed by atoms with van der Waals surface area (Å²) < 4.78 is 115. The van der Waals surface area contributed by atoms with Crippen LogP contribution in [0, 0.1) is 5.82 Å². The molecule has 0 aromatic heterocycles. The number of nitrogens with zero attached hydrogens (tertiary/aromatic N) is 2. The maximum Gasteiger partial charge on any atom is 0.497 e. The molecule has 126 valence electrons. The van der Waals surface area contributed by atoms with Gasteiger partial charge in [0.2, 0.25) is 0 Å². The Morgan fingerprint density at radius 3 is 2.26 bits per heavy atom. The Morgan fingerprint density at radius 2 is 1.74 bits per heavy atom. The number of hydrogen-bond acceptors (Lipinski definition) is 4. The molecule has 2 aliphatic heterocycles. The van der Waals surface area contributed by atoms with E-state index in [1.54, 1.807) is 27.7 Å². The third-order valence-electron chi connectivity index (χ3n) is 4.30. The Hall–Kier alpha value is -1.11. The Bertz CT molecular complexity index is 943. The average Bonchev–Trinajstić information content (AvgIpc) is 2.78. The minimum atomic E-state index is -3.55. The van der Waals surface area contributed by atoms with Gasteiger partial charge in [0.15, 0.2) is 0 Å². The van der Waals surface area contributed by atoms with Crippen LogP contribution in [0.3, 0.4) is 0 Å². The molecule has 0 bridgehead atoms. The Labute approximate surface area is 154 Å². The zero-order chi connectivity index (χ0) is 26.5. The van der Waals surface area contributed by atoms with Crippen LogP contribution >= 0.6 is 0 Å². The first kappa shape index (κ1) is 7.85. The van der Waals surface area contributed by atoms with Crippen molar-refractivity contribution in [3.63, 3.8) is 0 Å². The van der Waals surface area contributed by atoms with E-state index in [1.165, 1.54) is 0 Å². The molecule has 0 radical (unpaired) electrons. The molecule has 2 fully saturated rings. The summed E-state index contributed by atoms with van der Waals surface area (Å²) in [7, 11) is -1.13. The van der Waals surface area contributed by atoms with Gasteiger partial charge in [-0.3, -0.25) is 0 Å². The van der Waals surface area contributed by atoms with E-state index in [0.29, 0.717) is 6.07 Å². The SMILES string of the molecule is [2H]C([2H])([2H])N1C([2H])([2H])C([2H])([2H])N(c2ccc(B3OC(C)(C)C(C)(C)O3)c(F)c2)C([2H])([2H])C1([2H])[2H]. The van der Waals surface area contributed by atoms with Crippen LogP contribution in [0.25, 0.3) is 0 Å². The van der Waals surface area contributed by atoms with Gasteiger partial charge in [-0.05, 0) is 46.8 Å². The van der Waals surface area contributed by atoms with E-state index in [4.69, 9.17) is 24.4 Å². The van der Waals surface area contributed by atoms with Crippen LogP contribution in [0.15, 0.2) is 18.2 Å². The standard InChI is InChI=1S/C17H26BFN2O2/c1-16(2)17(3,4)23-18(22-16)14-7-6-13(12-15(14)19)21-10-8-20(5)9-11-21/h6-7,12H,8-11H2,1-5H3/i5D3,8D2,9D2,10D2,11D2. The molecule has 1 aromatic carbocycles. The van der Waals surface area contributed by atoms with Gasteiger partial charge in [0.1, 0.15) is 5.82 Å².